The Hall–Kier alpha value is -3.05. The highest BCUT2D eigenvalue weighted by Crippen LogP contribution is 2.32. The van der Waals surface area contributed by atoms with E-state index in [1.165, 1.54) is 6.07 Å². The fourth-order valence-electron chi connectivity index (χ4n) is 3.29. The first-order valence-corrected chi connectivity index (χ1v) is 9.25. The molecule has 0 bridgehead atoms. The lowest BCUT2D eigenvalue weighted by molar-refractivity contribution is -0.137. The van der Waals surface area contributed by atoms with Gasteiger partial charge in [0.25, 0.3) is 0 Å². The molecule has 1 fully saturated rings. The van der Waals surface area contributed by atoms with Gasteiger partial charge < -0.3 is 10.2 Å². The summed E-state index contributed by atoms with van der Waals surface area (Å²) in [5.74, 6) is -0.165. The van der Waals surface area contributed by atoms with Crippen molar-refractivity contribution in [1.29, 1.82) is 5.26 Å². The summed E-state index contributed by atoms with van der Waals surface area (Å²) in [5.41, 5.74) is 1.01. The number of carbonyl (C=O) groups is 1. The van der Waals surface area contributed by atoms with Crippen LogP contribution in [0.1, 0.15) is 18.1 Å². The van der Waals surface area contributed by atoms with Gasteiger partial charge in [0, 0.05) is 37.6 Å². The van der Waals surface area contributed by atoms with Crippen molar-refractivity contribution in [2.24, 2.45) is 0 Å². The van der Waals surface area contributed by atoms with Crippen molar-refractivity contribution in [1.82, 2.24) is 4.90 Å². The average molecular weight is 402 g/mol. The molecule has 1 aliphatic heterocycles. The number of carbonyl (C=O) groups excluding carboxylic acids is 1. The molecule has 2 aromatic rings. The second-order valence-corrected chi connectivity index (χ2v) is 6.93. The van der Waals surface area contributed by atoms with E-state index in [-0.39, 0.29) is 11.9 Å². The SMILES string of the molecule is C[C@@H](C(=O)Nc1ccc(C#N)cc1)N1CCN(c2cccc(C(F)(F)F)c2)CC1. The lowest BCUT2D eigenvalue weighted by Crippen LogP contribution is -2.52. The molecule has 1 aliphatic rings. The molecule has 8 heteroatoms. The largest absolute Gasteiger partial charge is 0.416 e. The van der Waals surface area contributed by atoms with Gasteiger partial charge in [-0.05, 0) is 49.4 Å². The number of anilines is 2. The predicted octanol–water partition coefficient (Wildman–Crippen LogP) is 3.73. The first-order chi connectivity index (χ1) is 13.8. The Labute approximate surface area is 167 Å². The maximum Gasteiger partial charge on any atom is 0.416 e. The minimum Gasteiger partial charge on any atom is -0.369 e. The molecule has 0 unspecified atom stereocenters. The number of alkyl halides is 3. The fraction of sp³-hybridized carbons (Fsp3) is 0.333. The number of hydrogen-bond acceptors (Lipinski definition) is 4. The molecule has 1 N–H and O–H groups in total. The number of benzene rings is 2. The first-order valence-electron chi connectivity index (χ1n) is 9.25. The van der Waals surface area contributed by atoms with Gasteiger partial charge in [-0.2, -0.15) is 18.4 Å². The van der Waals surface area contributed by atoms with Gasteiger partial charge in [0.2, 0.25) is 5.91 Å². The quantitative estimate of drug-likeness (QED) is 0.847. The van der Waals surface area contributed by atoms with Crippen LogP contribution in [-0.4, -0.2) is 43.0 Å². The van der Waals surface area contributed by atoms with Gasteiger partial charge in [0.1, 0.15) is 0 Å². The minimum atomic E-state index is -4.37. The van der Waals surface area contributed by atoms with Crippen LogP contribution in [0, 0.1) is 11.3 Å². The maximum atomic E-state index is 12.9. The van der Waals surface area contributed by atoms with Crippen LogP contribution in [0.25, 0.3) is 0 Å². The van der Waals surface area contributed by atoms with E-state index in [0.717, 1.165) is 12.1 Å². The number of nitrogens with zero attached hydrogens (tertiary/aromatic N) is 3. The Bertz CT molecular complexity index is 897. The van der Waals surface area contributed by atoms with E-state index < -0.39 is 11.7 Å². The van der Waals surface area contributed by atoms with Crippen LogP contribution >= 0.6 is 0 Å². The lowest BCUT2D eigenvalue weighted by Gasteiger charge is -2.38. The molecule has 29 heavy (non-hydrogen) atoms. The lowest BCUT2D eigenvalue weighted by atomic mass is 10.1. The molecule has 0 aromatic heterocycles. The van der Waals surface area contributed by atoms with Crippen LogP contribution < -0.4 is 10.2 Å². The first kappa shape index (κ1) is 20.7. The zero-order chi connectivity index (χ0) is 21.0. The van der Waals surface area contributed by atoms with E-state index in [4.69, 9.17) is 5.26 Å². The van der Waals surface area contributed by atoms with Crippen LogP contribution in [-0.2, 0) is 11.0 Å². The number of piperazine rings is 1. The molecular formula is C21H21F3N4O. The molecule has 0 radical (unpaired) electrons. The van der Waals surface area contributed by atoms with E-state index in [1.807, 2.05) is 15.9 Å². The Morgan fingerprint density at radius 3 is 2.34 bits per heavy atom. The van der Waals surface area contributed by atoms with Crippen molar-refractivity contribution in [3.05, 3.63) is 59.7 Å². The summed E-state index contributed by atoms with van der Waals surface area (Å²) in [6, 6.07) is 13.6. The van der Waals surface area contributed by atoms with Gasteiger partial charge in [-0.3, -0.25) is 9.69 Å². The third kappa shape index (κ3) is 5.06. The van der Waals surface area contributed by atoms with E-state index in [2.05, 4.69) is 5.32 Å². The molecule has 1 amide bonds. The molecule has 5 nitrogen and oxygen atoms in total. The van der Waals surface area contributed by atoms with E-state index in [9.17, 15) is 18.0 Å². The van der Waals surface area contributed by atoms with E-state index in [1.54, 1.807) is 37.3 Å². The summed E-state index contributed by atoms with van der Waals surface area (Å²) >= 11 is 0. The Kier molecular flexibility index (Phi) is 6.09. The van der Waals surface area contributed by atoms with Gasteiger partial charge in [0.15, 0.2) is 0 Å². The zero-order valence-corrected chi connectivity index (χ0v) is 15.9. The van der Waals surface area contributed by atoms with Crippen molar-refractivity contribution in [3.8, 4) is 6.07 Å². The highest BCUT2D eigenvalue weighted by molar-refractivity contribution is 5.94. The van der Waals surface area contributed by atoms with Gasteiger partial charge in [-0.15, -0.1) is 0 Å². The number of nitrogens with one attached hydrogen (secondary N) is 1. The molecule has 0 saturated carbocycles. The normalized spacial score (nSPS) is 16.2. The highest BCUT2D eigenvalue weighted by Gasteiger charge is 2.31. The van der Waals surface area contributed by atoms with Crippen molar-refractivity contribution in [3.63, 3.8) is 0 Å². The molecule has 1 atom stereocenters. The van der Waals surface area contributed by atoms with Crippen molar-refractivity contribution in [2.75, 3.05) is 36.4 Å². The third-order valence-electron chi connectivity index (χ3n) is 5.06. The molecular weight excluding hydrogens is 381 g/mol. The fourth-order valence-corrected chi connectivity index (χ4v) is 3.29. The molecule has 3 rings (SSSR count). The van der Waals surface area contributed by atoms with E-state index >= 15 is 0 Å². The van der Waals surface area contributed by atoms with Crippen molar-refractivity contribution in [2.45, 2.75) is 19.1 Å². The number of hydrogen-bond donors (Lipinski definition) is 1. The minimum absolute atomic E-state index is 0.165. The van der Waals surface area contributed by atoms with Gasteiger partial charge in [0.05, 0.1) is 23.2 Å². The maximum absolute atomic E-state index is 12.9. The van der Waals surface area contributed by atoms with Crippen LogP contribution in [0.3, 0.4) is 0 Å². The average Bonchev–Trinajstić information content (AvgIpc) is 2.73. The Morgan fingerprint density at radius 2 is 1.76 bits per heavy atom. The molecule has 152 valence electrons. The summed E-state index contributed by atoms with van der Waals surface area (Å²) in [4.78, 5) is 16.4. The van der Waals surface area contributed by atoms with Gasteiger partial charge in [-0.25, -0.2) is 0 Å². The molecule has 1 saturated heterocycles. The second kappa shape index (κ2) is 8.53. The smallest absolute Gasteiger partial charge is 0.369 e. The van der Waals surface area contributed by atoms with Crippen LogP contribution in [0.5, 0.6) is 0 Å². The number of rotatable bonds is 4. The number of halogens is 3. The van der Waals surface area contributed by atoms with Crippen molar-refractivity contribution < 1.29 is 18.0 Å². The Morgan fingerprint density at radius 1 is 1.10 bits per heavy atom. The summed E-state index contributed by atoms with van der Waals surface area (Å²) in [6.45, 7) is 4.01. The molecule has 2 aromatic carbocycles. The van der Waals surface area contributed by atoms with E-state index in [0.29, 0.717) is 43.1 Å². The standard InChI is InChI=1S/C21H21F3N4O/c1-15(20(29)26-18-7-5-16(14-25)6-8-18)27-9-11-28(12-10-27)19-4-2-3-17(13-19)21(22,23)24/h2-8,13,15H,9-12H2,1H3,(H,26,29)/t15-/m0/s1. The summed E-state index contributed by atoms with van der Waals surface area (Å²) in [6.07, 6.45) is -4.37. The Balaban J connectivity index is 1.57. The number of amides is 1. The summed E-state index contributed by atoms with van der Waals surface area (Å²) in [5, 5.41) is 11.7. The summed E-state index contributed by atoms with van der Waals surface area (Å²) in [7, 11) is 0. The van der Waals surface area contributed by atoms with Crippen LogP contribution in [0.4, 0.5) is 24.5 Å². The predicted molar refractivity (Wildman–Crippen MR) is 104 cm³/mol. The van der Waals surface area contributed by atoms with Crippen LogP contribution in [0.15, 0.2) is 48.5 Å². The molecule has 0 aliphatic carbocycles. The van der Waals surface area contributed by atoms with Crippen LogP contribution in [0.2, 0.25) is 0 Å². The third-order valence-corrected chi connectivity index (χ3v) is 5.06. The topological polar surface area (TPSA) is 59.4 Å². The van der Waals surface area contributed by atoms with Gasteiger partial charge >= 0.3 is 6.18 Å². The number of nitriles is 1. The highest BCUT2D eigenvalue weighted by atomic mass is 19.4. The zero-order valence-electron chi connectivity index (χ0n) is 15.9. The monoisotopic (exact) mass is 402 g/mol. The molecule has 0 spiro atoms. The molecule has 1 heterocycles. The van der Waals surface area contributed by atoms with Gasteiger partial charge in [-0.1, -0.05) is 6.07 Å². The summed E-state index contributed by atoms with van der Waals surface area (Å²) < 4.78 is 38.8. The van der Waals surface area contributed by atoms with Crippen molar-refractivity contribution >= 4 is 17.3 Å². The second-order valence-electron chi connectivity index (χ2n) is 6.93.